The minimum atomic E-state index is -0.453. The van der Waals surface area contributed by atoms with Crippen LogP contribution in [0.1, 0.15) is 30.9 Å². The van der Waals surface area contributed by atoms with Crippen LogP contribution in [0.4, 0.5) is 5.69 Å². The summed E-state index contributed by atoms with van der Waals surface area (Å²) in [4.78, 5) is 12.4. The lowest BCUT2D eigenvalue weighted by Crippen LogP contribution is -2.13. The molecule has 1 amide bonds. The summed E-state index contributed by atoms with van der Waals surface area (Å²) >= 11 is 0. The molecule has 0 aliphatic heterocycles. The molecule has 0 saturated carbocycles. The van der Waals surface area contributed by atoms with Crippen LogP contribution in [0.25, 0.3) is 6.08 Å². The summed E-state index contributed by atoms with van der Waals surface area (Å²) in [5.74, 6) is 0.757. The van der Waals surface area contributed by atoms with Crippen LogP contribution in [-0.2, 0) is 4.79 Å². The van der Waals surface area contributed by atoms with E-state index in [4.69, 9.17) is 9.47 Å². The number of amides is 1. The predicted octanol–water partition coefficient (Wildman–Crippen LogP) is 4.73. The van der Waals surface area contributed by atoms with E-state index in [0.29, 0.717) is 29.4 Å². The first-order valence-electron chi connectivity index (χ1n) is 8.88. The topological polar surface area (TPSA) is 71.3 Å². The van der Waals surface area contributed by atoms with Gasteiger partial charge in [-0.15, -0.1) is 0 Å². The number of carbonyl (C=O) groups excluding carboxylic acids is 1. The molecule has 0 aliphatic rings. The van der Waals surface area contributed by atoms with Gasteiger partial charge in [0.1, 0.15) is 11.6 Å². The number of aryl methyl sites for hydroxylation is 1. The maximum absolute atomic E-state index is 12.4. The SMILES string of the molecule is CCCCOc1ccc(/C=C(\C#N)C(=O)Nc2cccc(C)c2)cc1OC. The molecule has 0 saturated heterocycles. The highest BCUT2D eigenvalue weighted by Gasteiger charge is 2.11. The van der Waals surface area contributed by atoms with Crippen LogP contribution in [-0.4, -0.2) is 19.6 Å². The second-order valence-corrected chi connectivity index (χ2v) is 6.11. The number of nitrogens with zero attached hydrogens (tertiary/aromatic N) is 1. The van der Waals surface area contributed by atoms with Gasteiger partial charge in [-0.3, -0.25) is 4.79 Å². The van der Waals surface area contributed by atoms with Gasteiger partial charge in [0.25, 0.3) is 5.91 Å². The van der Waals surface area contributed by atoms with Crippen molar-refractivity contribution in [2.24, 2.45) is 0 Å². The average Bonchev–Trinajstić information content (AvgIpc) is 2.66. The number of benzene rings is 2. The number of hydrogen-bond acceptors (Lipinski definition) is 4. The molecule has 2 rings (SSSR count). The molecule has 0 unspecified atom stereocenters. The van der Waals surface area contributed by atoms with Crippen molar-refractivity contribution >= 4 is 17.7 Å². The van der Waals surface area contributed by atoms with E-state index in [1.165, 1.54) is 6.08 Å². The van der Waals surface area contributed by atoms with Gasteiger partial charge in [0.15, 0.2) is 11.5 Å². The number of nitriles is 1. The lowest BCUT2D eigenvalue weighted by atomic mass is 10.1. The highest BCUT2D eigenvalue weighted by molar-refractivity contribution is 6.09. The molecule has 27 heavy (non-hydrogen) atoms. The minimum absolute atomic E-state index is 0.0122. The summed E-state index contributed by atoms with van der Waals surface area (Å²) in [5, 5.41) is 12.1. The zero-order valence-electron chi connectivity index (χ0n) is 15.9. The van der Waals surface area contributed by atoms with Gasteiger partial charge in [0.2, 0.25) is 0 Å². The Morgan fingerprint density at radius 1 is 1.22 bits per heavy atom. The maximum Gasteiger partial charge on any atom is 0.266 e. The third-order valence-corrected chi connectivity index (χ3v) is 3.90. The molecule has 0 radical (unpaired) electrons. The zero-order chi connectivity index (χ0) is 19.6. The van der Waals surface area contributed by atoms with Gasteiger partial charge in [-0.25, -0.2) is 0 Å². The maximum atomic E-state index is 12.4. The van der Waals surface area contributed by atoms with Crippen LogP contribution in [0.2, 0.25) is 0 Å². The lowest BCUT2D eigenvalue weighted by molar-refractivity contribution is -0.112. The van der Waals surface area contributed by atoms with Gasteiger partial charge in [-0.2, -0.15) is 5.26 Å². The molecular weight excluding hydrogens is 340 g/mol. The van der Waals surface area contributed by atoms with Crippen LogP contribution < -0.4 is 14.8 Å². The van der Waals surface area contributed by atoms with Crippen molar-refractivity contribution in [1.82, 2.24) is 0 Å². The monoisotopic (exact) mass is 364 g/mol. The molecule has 5 nitrogen and oxygen atoms in total. The number of carbonyl (C=O) groups is 1. The molecule has 1 N–H and O–H groups in total. The zero-order valence-corrected chi connectivity index (χ0v) is 15.9. The number of rotatable bonds is 8. The predicted molar refractivity (Wildman–Crippen MR) is 107 cm³/mol. The Labute approximate surface area is 160 Å². The van der Waals surface area contributed by atoms with E-state index >= 15 is 0 Å². The van der Waals surface area contributed by atoms with Crippen LogP contribution in [0.15, 0.2) is 48.0 Å². The smallest absolute Gasteiger partial charge is 0.266 e. The summed E-state index contributed by atoms with van der Waals surface area (Å²) in [6.07, 6.45) is 3.54. The molecule has 0 spiro atoms. The van der Waals surface area contributed by atoms with E-state index in [0.717, 1.165) is 18.4 Å². The molecule has 140 valence electrons. The first-order chi connectivity index (χ1) is 13.1. The number of ether oxygens (including phenoxy) is 2. The molecule has 0 atom stereocenters. The number of anilines is 1. The van der Waals surface area contributed by atoms with Crippen molar-refractivity contribution in [2.45, 2.75) is 26.7 Å². The number of methoxy groups -OCH3 is 1. The molecule has 2 aromatic carbocycles. The van der Waals surface area contributed by atoms with Gasteiger partial charge in [-0.1, -0.05) is 31.5 Å². The first kappa shape index (κ1) is 20.1. The Morgan fingerprint density at radius 3 is 2.70 bits per heavy atom. The number of unbranched alkanes of at least 4 members (excludes halogenated alkanes) is 1. The van der Waals surface area contributed by atoms with Crippen molar-refractivity contribution in [3.63, 3.8) is 0 Å². The molecule has 0 bridgehead atoms. The molecule has 2 aromatic rings. The van der Waals surface area contributed by atoms with E-state index in [2.05, 4.69) is 12.2 Å². The molecule has 0 aliphatic carbocycles. The highest BCUT2D eigenvalue weighted by atomic mass is 16.5. The van der Waals surface area contributed by atoms with Gasteiger partial charge < -0.3 is 14.8 Å². The van der Waals surface area contributed by atoms with E-state index in [9.17, 15) is 10.1 Å². The molecule has 0 fully saturated rings. The Kier molecular flexibility index (Phi) is 7.45. The Bertz CT molecular complexity index is 866. The molecule has 0 aromatic heterocycles. The summed E-state index contributed by atoms with van der Waals surface area (Å²) in [5.41, 5.74) is 2.38. The molecular formula is C22H24N2O3. The second-order valence-electron chi connectivity index (χ2n) is 6.11. The number of nitrogens with one attached hydrogen (secondary N) is 1. The minimum Gasteiger partial charge on any atom is -0.493 e. The standard InChI is InChI=1S/C22H24N2O3/c1-4-5-11-27-20-10-9-17(14-21(20)26-3)13-18(15-23)22(25)24-19-8-6-7-16(2)12-19/h6-10,12-14H,4-5,11H2,1-3H3,(H,24,25)/b18-13+. The van der Waals surface area contributed by atoms with Crippen molar-refractivity contribution in [3.05, 3.63) is 59.2 Å². The first-order valence-corrected chi connectivity index (χ1v) is 8.88. The van der Waals surface area contributed by atoms with Crippen LogP contribution in [0, 0.1) is 18.3 Å². The third kappa shape index (κ3) is 5.89. The summed E-state index contributed by atoms with van der Waals surface area (Å²) in [6.45, 7) is 4.65. The lowest BCUT2D eigenvalue weighted by Gasteiger charge is -2.11. The summed E-state index contributed by atoms with van der Waals surface area (Å²) < 4.78 is 11.1. The third-order valence-electron chi connectivity index (χ3n) is 3.90. The quantitative estimate of drug-likeness (QED) is 0.418. The number of hydrogen-bond donors (Lipinski definition) is 1. The van der Waals surface area contributed by atoms with E-state index < -0.39 is 5.91 Å². The van der Waals surface area contributed by atoms with Crippen molar-refractivity contribution in [3.8, 4) is 17.6 Å². The fourth-order valence-electron chi connectivity index (χ4n) is 2.46. The van der Waals surface area contributed by atoms with Crippen molar-refractivity contribution in [2.75, 3.05) is 19.0 Å². The van der Waals surface area contributed by atoms with Gasteiger partial charge in [-0.05, 0) is 54.8 Å². The summed E-state index contributed by atoms with van der Waals surface area (Å²) in [6, 6.07) is 14.7. The van der Waals surface area contributed by atoms with Gasteiger partial charge in [0, 0.05) is 5.69 Å². The van der Waals surface area contributed by atoms with Crippen molar-refractivity contribution in [1.29, 1.82) is 5.26 Å². The van der Waals surface area contributed by atoms with Crippen molar-refractivity contribution < 1.29 is 14.3 Å². The Morgan fingerprint density at radius 2 is 2.04 bits per heavy atom. The molecule has 0 heterocycles. The largest absolute Gasteiger partial charge is 0.493 e. The van der Waals surface area contributed by atoms with E-state index in [1.54, 1.807) is 31.4 Å². The highest BCUT2D eigenvalue weighted by Crippen LogP contribution is 2.29. The van der Waals surface area contributed by atoms with E-state index in [1.807, 2.05) is 31.2 Å². The van der Waals surface area contributed by atoms with Crippen LogP contribution in [0.3, 0.4) is 0 Å². The van der Waals surface area contributed by atoms with Gasteiger partial charge >= 0.3 is 0 Å². The normalized spacial score (nSPS) is 10.8. The van der Waals surface area contributed by atoms with Crippen LogP contribution in [0.5, 0.6) is 11.5 Å². The second kappa shape index (κ2) is 10.0. The summed E-state index contributed by atoms with van der Waals surface area (Å²) in [7, 11) is 1.56. The van der Waals surface area contributed by atoms with E-state index in [-0.39, 0.29) is 5.57 Å². The molecule has 5 heteroatoms. The van der Waals surface area contributed by atoms with Crippen LogP contribution >= 0.6 is 0 Å². The van der Waals surface area contributed by atoms with Gasteiger partial charge in [0.05, 0.1) is 13.7 Å². The fraction of sp³-hybridized carbons (Fsp3) is 0.273. The fourth-order valence-corrected chi connectivity index (χ4v) is 2.46. The Balaban J connectivity index is 2.18. The average molecular weight is 364 g/mol. The Hall–Kier alpha value is -3.26.